The number of hydrogen-bond donors (Lipinski definition) is 1. The van der Waals surface area contributed by atoms with Crippen molar-refractivity contribution >= 4 is 41.6 Å². The molecule has 0 radical (unpaired) electrons. The van der Waals surface area contributed by atoms with Gasteiger partial charge in [-0.15, -0.1) is 12.4 Å². The van der Waals surface area contributed by atoms with Gasteiger partial charge in [-0.2, -0.15) is 13.2 Å². The van der Waals surface area contributed by atoms with Gasteiger partial charge in [0.15, 0.2) is 6.61 Å². The highest BCUT2D eigenvalue weighted by atomic mass is 35.5. The lowest BCUT2D eigenvalue weighted by Crippen LogP contribution is -2.39. The zero-order valence-corrected chi connectivity index (χ0v) is 13.2. The van der Waals surface area contributed by atoms with Crippen LogP contribution in [0.4, 0.5) is 13.2 Å². The molecule has 0 heterocycles. The predicted octanol–water partition coefficient (Wildman–Crippen LogP) is 3.65. The van der Waals surface area contributed by atoms with Crippen LogP contribution in [-0.2, 0) is 16.0 Å². The highest BCUT2D eigenvalue weighted by Crippen LogP contribution is 2.23. The molecule has 0 aliphatic heterocycles. The molecule has 1 rings (SSSR count). The highest BCUT2D eigenvalue weighted by Gasteiger charge is 2.31. The molecule has 1 aromatic carbocycles. The second-order valence-corrected chi connectivity index (χ2v) is 4.83. The quantitative estimate of drug-likeness (QED) is 0.809. The van der Waals surface area contributed by atoms with E-state index in [4.69, 9.17) is 23.2 Å². The molecule has 3 nitrogen and oxygen atoms in total. The van der Waals surface area contributed by atoms with E-state index in [-0.39, 0.29) is 18.8 Å². The fourth-order valence-electron chi connectivity index (χ4n) is 1.46. The molecule has 120 valence electrons. The third kappa shape index (κ3) is 7.22. The maximum atomic E-state index is 12.0. The van der Waals surface area contributed by atoms with Gasteiger partial charge in [0.05, 0.1) is 10.0 Å². The van der Waals surface area contributed by atoms with Crippen LogP contribution < -0.4 is 5.32 Å². The standard InChI is InChI=1S/C12H12Cl2F3NO2.ClH/c1-18-10(11(19)20-6-12(15,16)17)5-7-2-3-8(13)9(14)4-7;/h2-4,10,18H,5-6H2,1H3;1H/t10-;/m0./s1. The van der Waals surface area contributed by atoms with Crippen LogP contribution in [0.1, 0.15) is 5.56 Å². The first-order valence-electron chi connectivity index (χ1n) is 5.57. The summed E-state index contributed by atoms with van der Waals surface area (Å²) in [5, 5.41) is 3.27. The van der Waals surface area contributed by atoms with E-state index in [1.54, 1.807) is 18.2 Å². The summed E-state index contributed by atoms with van der Waals surface area (Å²) in [4.78, 5) is 11.5. The minimum Gasteiger partial charge on any atom is -0.455 e. The van der Waals surface area contributed by atoms with Crippen LogP contribution in [0.3, 0.4) is 0 Å². The summed E-state index contributed by atoms with van der Waals surface area (Å²) in [7, 11) is 1.46. The Balaban J connectivity index is 0.00000400. The van der Waals surface area contributed by atoms with Crippen molar-refractivity contribution in [2.75, 3.05) is 13.7 Å². The van der Waals surface area contributed by atoms with Crippen molar-refractivity contribution in [2.45, 2.75) is 18.6 Å². The normalized spacial score (nSPS) is 12.5. The van der Waals surface area contributed by atoms with E-state index in [1.165, 1.54) is 7.05 Å². The molecule has 0 saturated carbocycles. The summed E-state index contributed by atoms with van der Waals surface area (Å²) in [6, 6.07) is 3.84. The Morgan fingerprint density at radius 1 is 1.33 bits per heavy atom. The fourth-order valence-corrected chi connectivity index (χ4v) is 1.78. The summed E-state index contributed by atoms with van der Waals surface area (Å²) in [6.07, 6.45) is -4.40. The van der Waals surface area contributed by atoms with Crippen LogP contribution >= 0.6 is 35.6 Å². The van der Waals surface area contributed by atoms with E-state index >= 15 is 0 Å². The Kier molecular flexibility index (Phi) is 8.39. The van der Waals surface area contributed by atoms with Gasteiger partial charge in [-0.3, -0.25) is 4.79 Å². The number of carbonyl (C=O) groups is 1. The topological polar surface area (TPSA) is 38.3 Å². The van der Waals surface area contributed by atoms with Gasteiger partial charge in [-0.1, -0.05) is 29.3 Å². The summed E-state index contributed by atoms with van der Waals surface area (Å²) >= 11 is 11.6. The van der Waals surface area contributed by atoms with Crippen LogP contribution in [-0.4, -0.2) is 31.8 Å². The number of benzene rings is 1. The lowest BCUT2D eigenvalue weighted by molar-refractivity contribution is -0.187. The van der Waals surface area contributed by atoms with Crippen LogP contribution in [0, 0.1) is 0 Å². The first-order chi connectivity index (χ1) is 9.23. The predicted molar refractivity (Wildman–Crippen MR) is 77.3 cm³/mol. The smallest absolute Gasteiger partial charge is 0.422 e. The molecule has 9 heteroatoms. The maximum Gasteiger partial charge on any atom is 0.422 e. The van der Waals surface area contributed by atoms with E-state index < -0.39 is 24.8 Å². The number of rotatable bonds is 5. The van der Waals surface area contributed by atoms with Gasteiger partial charge < -0.3 is 10.1 Å². The Labute approximate surface area is 136 Å². The summed E-state index contributed by atoms with van der Waals surface area (Å²) in [5.41, 5.74) is 0.655. The monoisotopic (exact) mass is 365 g/mol. The molecule has 0 aliphatic carbocycles. The maximum absolute atomic E-state index is 12.0. The minimum absolute atomic E-state index is 0. The van der Waals surface area contributed by atoms with Crippen LogP contribution in [0.2, 0.25) is 10.0 Å². The van der Waals surface area contributed by atoms with Gasteiger partial charge in [-0.25, -0.2) is 0 Å². The van der Waals surface area contributed by atoms with Gasteiger partial charge >= 0.3 is 12.1 Å². The molecule has 0 fully saturated rings. The second-order valence-electron chi connectivity index (χ2n) is 4.02. The van der Waals surface area contributed by atoms with Crippen molar-refractivity contribution in [3.05, 3.63) is 33.8 Å². The third-order valence-electron chi connectivity index (χ3n) is 2.43. The van der Waals surface area contributed by atoms with E-state index in [1.807, 2.05) is 0 Å². The lowest BCUT2D eigenvalue weighted by atomic mass is 10.1. The van der Waals surface area contributed by atoms with E-state index in [0.29, 0.717) is 15.6 Å². The summed E-state index contributed by atoms with van der Waals surface area (Å²) < 4.78 is 40.1. The molecule has 0 aromatic heterocycles. The molecule has 21 heavy (non-hydrogen) atoms. The van der Waals surface area contributed by atoms with Crippen molar-refractivity contribution in [3.8, 4) is 0 Å². The SMILES string of the molecule is CN[C@@H](Cc1ccc(Cl)c(Cl)c1)C(=O)OCC(F)(F)F.Cl. The average molecular weight is 367 g/mol. The van der Waals surface area contributed by atoms with E-state index in [0.717, 1.165) is 0 Å². The number of carbonyl (C=O) groups excluding carboxylic acids is 1. The van der Waals surface area contributed by atoms with E-state index in [9.17, 15) is 18.0 Å². The third-order valence-corrected chi connectivity index (χ3v) is 3.17. The largest absolute Gasteiger partial charge is 0.455 e. The minimum atomic E-state index is -4.54. The second kappa shape index (κ2) is 8.68. The lowest BCUT2D eigenvalue weighted by Gasteiger charge is -2.16. The molecule has 1 aromatic rings. The molecule has 0 saturated heterocycles. The van der Waals surface area contributed by atoms with Gasteiger partial charge in [0, 0.05) is 0 Å². The zero-order valence-electron chi connectivity index (χ0n) is 10.8. The first kappa shape index (κ1) is 20.3. The molecule has 0 spiro atoms. The number of hydrogen-bond acceptors (Lipinski definition) is 3. The van der Waals surface area contributed by atoms with Crippen LogP contribution in [0.5, 0.6) is 0 Å². The summed E-state index contributed by atoms with van der Waals surface area (Å²) in [5.74, 6) is -0.976. The number of alkyl halides is 3. The number of halogens is 6. The number of likely N-dealkylation sites (N-methyl/N-ethyl adjacent to an activating group) is 1. The summed E-state index contributed by atoms with van der Waals surface area (Å²) in [6.45, 7) is -1.61. The van der Waals surface area contributed by atoms with E-state index in [2.05, 4.69) is 10.1 Å². The van der Waals surface area contributed by atoms with Crippen LogP contribution in [0.25, 0.3) is 0 Å². The van der Waals surface area contributed by atoms with Gasteiger partial charge in [-0.05, 0) is 31.2 Å². The number of ether oxygens (including phenoxy) is 1. The number of esters is 1. The molecule has 0 bridgehead atoms. The molecule has 1 N–H and O–H groups in total. The molecule has 0 amide bonds. The zero-order chi connectivity index (χ0) is 15.3. The van der Waals surface area contributed by atoms with Crippen molar-refractivity contribution in [3.63, 3.8) is 0 Å². The van der Waals surface area contributed by atoms with Crippen molar-refractivity contribution in [1.82, 2.24) is 5.32 Å². The van der Waals surface area contributed by atoms with Gasteiger partial charge in [0.1, 0.15) is 6.04 Å². The average Bonchev–Trinajstić information content (AvgIpc) is 2.36. The Morgan fingerprint density at radius 3 is 2.43 bits per heavy atom. The Bertz CT molecular complexity index is 483. The Morgan fingerprint density at radius 2 is 1.95 bits per heavy atom. The van der Waals surface area contributed by atoms with Crippen molar-refractivity contribution in [2.24, 2.45) is 0 Å². The van der Waals surface area contributed by atoms with Crippen molar-refractivity contribution in [1.29, 1.82) is 0 Å². The Hall–Kier alpha value is -0.690. The van der Waals surface area contributed by atoms with Crippen molar-refractivity contribution < 1.29 is 22.7 Å². The molecular formula is C12H13Cl3F3NO2. The highest BCUT2D eigenvalue weighted by molar-refractivity contribution is 6.42. The number of nitrogens with one attached hydrogen (secondary N) is 1. The molecule has 1 atom stereocenters. The first-order valence-corrected chi connectivity index (χ1v) is 6.33. The van der Waals surface area contributed by atoms with Gasteiger partial charge in [0.25, 0.3) is 0 Å². The van der Waals surface area contributed by atoms with Crippen LogP contribution in [0.15, 0.2) is 18.2 Å². The molecular weight excluding hydrogens is 353 g/mol. The van der Waals surface area contributed by atoms with Gasteiger partial charge in [0.2, 0.25) is 0 Å². The fraction of sp³-hybridized carbons (Fsp3) is 0.417. The molecule has 0 aliphatic rings. The molecule has 0 unspecified atom stereocenters.